The van der Waals surface area contributed by atoms with Gasteiger partial charge in [-0.2, -0.15) is 0 Å². The van der Waals surface area contributed by atoms with Crippen molar-refractivity contribution in [3.8, 4) is 0 Å². The van der Waals surface area contributed by atoms with Crippen molar-refractivity contribution < 1.29 is 9.84 Å². The molecule has 1 saturated heterocycles. The highest BCUT2D eigenvalue weighted by atomic mass is 16.5. The van der Waals surface area contributed by atoms with Gasteiger partial charge in [-0.15, -0.1) is 0 Å². The van der Waals surface area contributed by atoms with Gasteiger partial charge < -0.3 is 9.84 Å². The Labute approximate surface area is 73.9 Å². The molecule has 0 amide bonds. The molecule has 2 aliphatic rings. The molecule has 1 saturated carbocycles. The predicted octanol–water partition coefficient (Wildman–Crippen LogP) is 1.72. The standard InChI is InChI=1S/C10H18O2/c1-8-9(11)10(7-12-8)5-3-2-4-6-10/h8-9,11H,2-7H2,1H3/t8-,9?/m0/s1. The van der Waals surface area contributed by atoms with E-state index >= 15 is 0 Å². The van der Waals surface area contributed by atoms with Crippen molar-refractivity contribution in [1.82, 2.24) is 0 Å². The Hall–Kier alpha value is -0.0800. The molecule has 0 aromatic heterocycles. The van der Waals surface area contributed by atoms with Gasteiger partial charge in [0.25, 0.3) is 0 Å². The van der Waals surface area contributed by atoms with E-state index in [0.717, 1.165) is 6.61 Å². The second-order valence-electron chi connectivity index (χ2n) is 4.38. The van der Waals surface area contributed by atoms with Crippen molar-refractivity contribution in [3.05, 3.63) is 0 Å². The summed E-state index contributed by atoms with van der Waals surface area (Å²) in [5, 5.41) is 9.95. The van der Waals surface area contributed by atoms with Crippen molar-refractivity contribution in [2.24, 2.45) is 5.41 Å². The van der Waals surface area contributed by atoms with Gasteiger partial charge in [0, 0.05) is 5.41 Å². The van der Waals surface area contributed by atoms with E-state index in [2.05, 4.69) is 0 Å². The zero-order chi connectivity index (χ0) is 8.60. The first-order valence-electron chi connectivity index (χ1n) is 5.04. The van der Waals surface area contributed by atoms with Crippen molar-refractivity contribution in [1.29, 1.82) is 0 Å². The molecule has 1 spiro atoms. The van der Waals surface area contributed by atoms with Gasteiger partial charge in [-0.05, 0) is 19.8 Å². The summed E-state index contributed by atoms with van der Waals surface area (Å²) in [7, 11) is 0. The fourth-order valence-electron chi connectivity index (χ4n) is 2.67. The quantitative estimate of drug-likeness (QED) is 0.599. The third-order valence-electron chi connectivity index (χ3n) is 3.56. The minimum Gasteiger partial charge on any atom is -0.390 e. The van der Waals surface area contributed by atoms with E-state index in [1.165, 1.54) is 32.1 Å². The van der Waals surface area contributed by atoms with Crippen LogP contribution < -0.4 is 0 Å². The van der Waals surface area contributed by atoms with Crippen LogP contribution in [0.1, 0.15) is 39.0 Å². The molecule has 1 heterocycles. The molecule has 0 aromatic carbocycles. The Morgan fingerprint density at radius 3 is 2.42 bits per heavy atom. The van der Waals surface area contributed by atoms with Gasteiger partial charge in [0.15, 0.2) is 0 Å². The minimum absolute atomic E-state index is 0.0584. The van der Waals surface area contributed by atoms with Crippen LogP contribution in [0.4, 0.5) is 0 Å². The van der Waals surface area contributed by atoms with Gasteiger partial charge in [0.2, 0.25) is 0 Å². The first kappa shape index (κ1) is 8.52. The zero-order valence-electron chi connectivity index (χ0n) is 7.75. The van der Waals surface area contributed by atoms with Crippen molar-refractivity contribution in [3.63, 3.8) is 0 Å². The average molecular weight is 170 g/mol. The molecule has 2 heteroatoms. The fourth-order valence-corrected chi connectivity index (χ4v) is 2.67. The first-order chi connectivity index (χ1) is 5.75. The summed E-state index contributed by atoms with van der Waals surface area (Å²) < 4.78 is 5.51. The number of rotatable bonds is 0. The van der Waals surface area contributed by atoms with Gasteiger partial charge in [-0.3, -0.25) is 0 Å². The molecule has 2 rings (SSSR count). The Bertz CT molecular complexity index is 156. The lowest BCUT2D eigenvalue weighted by molar-refractivity contribution is 0.0188. The molecule has 1 aliphatic carbocycles. The summed E-state index contributed by atoms with van der Waals surface area (Å²) >= 11 is 0. The predicted molar refractivity (Wildman–Crippen MR) is 46.9 cm³/mol. The van der Waals surface area contributed by atoms with Gasteiger partial charge in [-0.25, -0.2) is 0 Å². The molecule has 1 aliphatic heterocycles. The van der Waals surface area contributed by atoms with Crippen molar-refractivity contribution in [2.45, 2.75) is 51.2 Å². The molecule has 12 heavy (non-hydrogen) atoms. The largest absolute Gasteiger partial charge is 0.390 e. The van der Waals surface area contributed by atoms with Gasteiger partial charge in [0.1, 0.15) is 0 Å². The number of ether oxygens (including phenoxy) is 1. The van der Waals surface area contributed by atoms with Crippen LogP contribution in [0.25, 0.3) is 0 Å². The van der Waals surface area contributed by atoms with Gasteiger partial charge in [0.05, 0.1) is 18.8 Å². The van der Waals surface area contributed by atoms with Crippen LogP contribution in [0.5, 0.6) is 0 Å². The summed E-state index contributed by atoms with van der Waals surface area (Å²) in [6.07, 6.45) is 6.06. The summed E-state index contributed by atoms with van der Waals surface area (Å²) in [5.41, 5.74) is 0.137. The Balaban J connectivity index is 2.09. The van der Waals surface area contributed by atoms with E-state index in [4.69, 9.17) is 4.74 Å². The summed E-state index contributed by atoms with van der Waals surface area (Å²) in [6, 6.07) is 0. The van der Waals surface area contributed by atoms with Crippen LogP contribution in [0.15, 0.2) is 0 Å². The lowest BCUT2D eigenvalue weighted by atomic mass is 9.71. The fraction of sp³-hybridized carbons (Fsp3) is 1.00. The van der Waals surface area contributed by atoms with Crippen LogP contribution in [-0.4, -0.2) is 23.9 Å². The van der Waals surface area contributed by atoms with Crippen molar-refractivity contribution >= 4 is 0 Å². The first-order valence-corrected chi connectivity index (χ1v) is 5.04. The number of aliphatic hydroxyl groups excluding tert-OH is 1. The van der Waals surface area contributed by atoms with E-state index in [0.29, 0.717) is 0 Å². The maximum Gasteiger partial charge on any atom is 0.0877 e. The highest BCUT2D eigenvalue weighted by Crippen LogP contribution is 2.44. The highest BCUT2D eigenvalue weighted by molar-refractivity contribution is 4.96. The average Bonchev–Trinajstić information content (AvgIpc) is 2.37. The monoisotopic (exact) mass is 170 g/mol. The lowest BCUT2D eigenvalue weighted by Gasteiger charge is -2.35. The second-order valence-corrected chi connectivity index (χ2v) is 4.38. The number of hydrogen-bond donors (Lipinski definition) is 1. The summed E-state index contributed by atoms with van der Waals surface area (Å²) in [5.74, 6) is 0. The molecule has 2 atom stereocenters. The molecule has 0 bridgehead atoms. The Morgan fingerprint density at radius 2 is 1.92 bits per heavy atom. The Morgan fingerprint density at radius 1 is 1.25 bits per heavy atom. The SMILES string of the molecule is C[C@@H]1OCC2(CCCCC2)C1O. The van der Waals surface area contributed by atoms with E-state index in [-0.39, 0.29) is 17.6 Å². The summed E-state index contributed by atoms with van der Waals surface area (Å²) in [4.78, 5) is 0. The maximum atomic E-state index is 9.95. The Kier molecular flexibility index (Phi) is 2.13. The van der Waals surface area contributed by atoms with Crippen LogP contribution in [0.2, 0.25) is 0 Å². The van der Waals surface area contributed by atoms with E-state index in [1.54, 1.807) is 0 Å². The van der Waals surface area contributed by atoms with Crippen molar-refractivity contribution in [2.75, 3.05) is 6.61 Å². The molecule has 1 unspecified atom stereocenters. The highest BCUT2D eigenvalue weighted by Gasteiger charge is 2.47. The molecule has 0 aromatic rings. The van der Waals surface area contributed by atoms with Crippen LogP contribution >= 0.6 is 0 Å². The normalized spacial score (nSPS) is 40.5. The van der Waals surface area contributed by atoms with Crippen LogP contribution in [-0.2, 0) is 4.74 Å². The maximum absolute atomic E-state index is 9.95. The third-order valence-corrected chi connectivity index (χ3v) is 3.56. The number of aliphatic hydroxyl groups is 1. The number of hydrogen-bond acceptors (Lipinski definition) is 2. The molecular weight excluding hydrogens is 152 g/mol. The molecular formula is C10H18O2. The third kappa shape index (κ3) is 1.17. The van der Waals surface area contributed by atoms with Gasteiger partial charge >= 0.3 is 0 Å². The van der Waals surface area contributed by atoms with Gasteiger partial charge in [-0.1, -0.05) is 19.3 Å². The zero-order valence-corrected chi connectivity index (χ0v) is 7.75. The summed E-state index contributed by atoms with van der Waals surface area (Å²) in [6.45, 7) is 2.77. The molecule has 70 valence electrons. The molecule has 2 fully saturated rings. The topological polar surface area (TPSA) is 29.5 Å². The minimum atomic E-state index is -0.210. The smallest absolute Gasteiger partial charge is 0.0877 e. The van der Waals surface area contributed by atoms with E-state index in [9.17, 15) is 5.11 Å². The van der Waals surface area contributed by atoms with Crippen LogP contribution in [0, 0.1) is 5.41 Å². The molecule has 1 N–H and O–H groups in total. The lowest BCUT2D eigenvalue weighted by Crippen LogP contribution is -2.38. The van der Waals surface area contributed by atoms with E-state index < -0.39 is 0 Å². The second kappa shape index (κ2) is 3.00. The molecule has 0 radical (unpaired) electrons. The van der Waals surface area contributed by atoms with Crippen LogP contribution in [0.3, 0.4) is 0 Å². The van der Waals surface area contributed by atoms with E-state index in [1.807, 2.05) is 6.92 Å². The molecule has 2 nitrogen and oxygen atoms in total.